The molecule has 1 aliphatic rings. The van der Waals surface area contributed by atoms with E-state index in [9.17, 15) is 13.2 Å². The van der Waals surface area contributed by atoms with Gasteiger partial charge in [0.25, 0.3) is 5.91 Å². The maximum Gasteiger partial charge on any atom is 0.254 e. The number of nitrogens with one attached hydrogen (secondary N) is 1. The minimum absolute atomic E-state index is 0.0680. The minimum atomic E-state index is -3.36. The van der Waals surface area contributed by atoms with Gasteiger partial charge in [0, 0.05) is 44.0 Å². The molecule has 1 saturated heterocycles. The van der Waals surface area contributed by atoms with E-state index in [1.165, 1.54) is 5.56 Å². The molecule has 0 saturated carbocycles. The van der Waals surface area contributed by atoms with Crippen molar-refractivity contribution in [1.29, 1.82) is 0 Å². The lowest BCUT2D eigenvalue weighted by atomic mass is 10.1. The summed E-state index contributed by atoms with van der Waals surface area (Å²) in [5.41, 5.74) is 2.17. The van der Waals surface area contributed by atoms with Crippen LogP contribution in [-0.2, 0) is 16.6 Å². The second-order valence-electron chi connectivity index (χ2n) is 6.51. The number of rotatable bonds is 5. The first-order valence-electron chi connectivity index (χ1n) is 8.54. The lowest BCUT2D eigenvalue weighted by molar-refractivity contribution is 0.0628. The molecule has 0 aliphatic carbocycles. The Bertz CT molecular complexity index is 861. The standard InChI is InChI=1S/C19H23N3O3S/c1-26(24,25)20-18-9-5-8-17(14-18)19(23)22-12-10-21(11-13-22)15-16-6-3-2-4-7-16/h2-9,14,20H,10-13,15H2,1H3. The maximum atomic E-state index is 12.7. The van der Waals surface area contributed by atoms with E-state index >= 15 is 0 Å². The van der Waals surface area contributed by atoms with Crippen LogP contribution in [-0.4, -0.2) is 56.6 Å². The Morgan fingerprint density at radius 1 is 1.00 bits per heavy atom. The van der Waals surface area contributed by atoms with Gasteiger partial charge in [-0.2, -0.15) is 0 Å². The first-order chi connectivity index (χ1) is 12.4. The van der Waals surface area contributed by atoms with Crippen molar-refractivity contribution in [2.75, 3.05) is 37.2 Å². The van der Waals surface area contributed by atoms with E-state index < -0.39 is 10.0 Å². The summed E-state index contributed by atoms with van der Waals surface area (Å²) in [7, 11) is -3.36. The van der Waals surface area contributed by atoms with Crippen molar-refractivity contribution in [2.45, 2.75) is 6.54 Å². The summed E-state index contributed by atoms with van der Waals surface area (Å²) >= 11 is 0. The number of carbonyl (C=O) groups excluding carboxylic acids is 1. The fourth-order valence-corrected chi connectivity index (χ4v) is 3.62. The monoisotopic (exact) mass is 373 g/mol. The van der Waals surface area contributed by atoms with Gasteiger partial charge in [-0.05, 0) is 23.8 Å². The zero-order chi connectivity index (χ0) is 18.6. The van der Waals surface area contributed by atoms with E-state index in [1.54, 1.807) is 24.3 Å². The van der Waals surface area contributed by atoms with Crippen LogP contribution in [0.4, 0.5) is 5.69 Å². The van der Waals surface area contributed by atoms with Crippen LogP contribution in [0.15, 0.2) is 54.6 Å². The second kappa shape index (κ2) is 7.88. The predicted molar refractivity (Wildman–Crippen MR) is 103 cm³/mol. The molecule has 1 N–H and O–H groups in total. The number of benzene rings is 2. The molecular weight excluding hydrogens is 350 g/mol. The van der Waals surface area contributed by atoms with Crippen LogP contribution in [0.1, 0.15) is 15.9 Å². The van der Waals surface area contributed by atoms with E-state index in [2.05, 4.69) is 21.8 Å². The van der Waals surface area contributed by atoms with Gasteiger partial charge in [-0.3, -0.25) is 14.4 Å². The minimum Gasteiger partial charge on any atom is -0.336 e. The predicted octanol–water partition coefficient (Wildman–Crippen LogP) is 2.02. The zero-order valence-corrected chi connectivity index (χ0v) is 15.6. The third-order valence-corrected chi connectivity index (χ3v) is 4.93. The van der Waals surface area contributed by atoms with Gasteiger partial charge in [0.05, 0.1) is 6.26 Å². The van der Waals surface area contributed by atoms with Gasteiger partial charge in [-0.1, -0.05) is 36.4 Å². The first kappa shape index (κ1) is 18.4. The smallest absolute Gasteiger partial charge is 0.254 e. The maximum absolute atomic E-state index is 12.7. The summed E-state index contributed by atoms with van der Waals surface area (Å²) in [5, 5.41) is 0. The molecule has 1 fully saturated rings. The number of piperazine rings is 1. The lowest BCUT2D eigenvalue weighted by Gasteiger charge is -2.34. The molecule has 0 unspecified atom stereocenters. The summed E-state index contributed by atoms with van der Waals surface area (Å²) in [6, 6.07) is 16.9. The fraction of sp³-hybridized carbons (Fsp3) is 0.316. The highest BCUT2D eigenvalue weighted by Crippen LogP contribution is 2.16. The van der Waals surface area contributed by atoms with Crippen LogP contribution in [0.25, 0.3) is 0 Å². The van der Waals surface area contributed by atoms with Gasteiger partial charge < -0.3 is 4.90 Å². The molecule has 26 heavy (non-hydrogen) atoms. The highest BCUT2D eigenvalue weighted by atomic mass is 32.2. The van der Waals surface area contributed by atoms with Crippen molar-refractivity contribution in [2.24, 2.45) is 0 Å². The fourth-order valence-electron chi connectivity index (χ4n) is 3.06. The number of sulfonamides is 1. The molecule has 1 aliphatic heterocycles. The van der Waals surface area contributed by atoms with Crippen molar-refractivity contribution < 1.29 is 13.2 Å². The number of amides is 1. The van der Waals surface area contributed by atoms with Crippen molar-refractivity contribution in [3.63, 3.8) is 0 Å². The quantitative estimate of drug-likeness (QED) is 0.871. The highest BCUT2D eigenvalue weighted by Gasteiger charge is 2.22. The Labute approximate surface area is 154 Å². The largest absolute Gasteiger partial charge is 0.336 e. The summed E-state index contributed by atoms with van der Waals surface area (Å²) in [5.74, 6) is -0.0680. The summed E-state index contributed by atoms with van der Waals surface area (Å²) in [6.07, 6.45) is 1.09. The van der Waals surface area contributed by atoms with Crippen LogP contribution < -0.4 is 4.72 Å². The summed E-state index contributed by atoms with van der Waals surface area (Å²) in [4.78, 5) is 16.9. The van der Waals surface area contributed by atoms with E-state index in [-0.39, 0.29) is 5.91 Å². The number of hydrogen-bond acceptors (Lipinski definition) is 4. The molecule has 0 bridgehead atoms. The molecule has 138 valence electrons. The number of nitrogens with zero attached hydrogens (tertiary/aromatic N) is 2. The molecule has 6 nitrogen and oxygen atoms in total. The van der Waals surface area contributed by atoms with Gasteiger partial charge in [-0.25, -0.2) is 8.42 Å². The van der Waals surface area contributed by atoms with Crippen LogP contribution >= 0.6 is 0 Å². The number of carbonyl (C=O) groups is 1. The van der Waals surface area contributed by atoms with E-state index in [4.69, 9.17) is 0 Å². The molecular formula is C19H23N3O3S. The SMILES string of the molecule is CS(=O)(=O)Nc1cccc(C(=O)N2CCN(Cc3ccccc3)CC2)c1. The molecule has 2 aromatic rings. The Kier molecular flexibility index (Phi) is 5.58. The Morgan fingerprint density at radius 3 is 2.35 bits per heavy atom. The average molecular weight is 373 g/mol. The van der Waals surface area contributed by atoms with Gasteiger partial charge in [-0.15, -0.1) is 0 Å². The molecule has 1 heterocycles. The topological polar surface area (TPSA) is 69.7 Å². The van der Waals surface area contributed by atoms with Gasteiger partial charge in [0.15, 0.2) is 0 Å². The van der Waals surface area contributed by atoms with Gasteiger partial charge in [0.1, 0.15) is 0 Å². The molecule has 2 aromatic carbocycles. The summed E-state index contributed by atoms with van der Waals surface area (Å²) in [6.45, 7) is 3.85. The zero-order valence-electron chi connectivity index (χ0n) is 14.8. The Balaban J connectivity index is 1.59. The highest BCUT2D eigenvalue weighted by molar-refractivity contribution is 7.92. The molecule has 0 atom stereocenters. The Morgan fingerprint density at radius 2 is 1.69 bits per heavy atom. The molecule has 3 rings (SSSR count). The van der Waals surface area contributed by atoms with Crippen LogP contribution in [0.2, 0.25) is 0 Å². The van der Waals surface area contributed by atoms with Crippen LogP contribution in [0, 0.1) is 0 Å². The van der Waals surface area contributed by atoms with Crippen LogP contribution in [0.5, 0.6) is 0 Å². The lowest BCUT2D eigenvalue weighted by Crippen LogP contribution is -2.48. The van der Waals surface area contributed by atoms with Crippen molar-refractivity contribution in [3.8, 4) is 0 Å². The molecule has 0 aromatic heterocycles. The molecule has 0 radical (unpaired) electrons. The third-order valence-electron chi connectivity index (χ3n) is 4.32. The Hall–Kier alpha value is -2.38. The van der Waals surface area contributed by atoms with E-state index in [0.717, 1.165) is 25.9 Å². The normalized spacial score (nSPS) is 15.7. The van der Waals surface area contributed by atoms with Crippen molar-refractivity contribution in [1.82, 2.24) is 9.80 Å². The van der Waals surface area contributed by atoms with E-state index in [1.807, 2.05) is 23.1 Å². The first-order valence-corrected chi connectivity index (χ1v) is 10.4. The summed E-state index contributed by atoms with van der Waals surface area (Å²) < 4.78 is 25.1. The number of hydrogen-bond donors (Lipinski definition) is 1. The van der Waals surface area contributed by atoms with Gasteiger partial charge >= 0.3 is 0 Å². The molecule has 1 amide bonds. The van der Waals surface area contributed by atoms with Crippen LogP contribution in [0.3, 0.4) is 0 Å². The van der Waals surface area contributed by atoms with E-state index in [0.29, 0.717) is 24.3 Å². The number of anilines is 1. The van der Waals surface area contributed by atoms with Crippen molar-refractivity contribution in [3.05, 3.63) is 65.7 Å². The molecule has 7 heteroatoms. The second-order valence-corrected chi connectivity index (χ2v) is 8.26. The molecule has 0 spiro atoms. The van der Waals surface area contributed by atoms with Crippen molar-refractivity contribution >= 4 is 21.6 Å². The average Bonchev–Trinajstić information content (AvgIpc) is 2.61. The van der Waals surface area contributed by atoms with Gasteiger partial charge in [0.2, 0.25) is 10.0 Å². The third kappa shape index (κ3) is 5.06.